The maximum Gasteiger partial charge on any atom is 0.339 e. The molecule has 1 rings (SSSR count). The number of carboxylic acid groups (broad SMARTS) is 1. The molecule has 43 heavy (non-hydrogen) atoms. The molecule has 0 heterocycles. The number of benzene rings is 1. The first-order valence-corrected chi connectivity index (χ1v) is 17.7. The lowest BCUT2D eigenvalue weighted by Crippen LogP contribution is -2.15. The zero-order valence-corrected chi connectivity index (χ0v) is 27.6. The van der Waals surface area contributed by atoms with Crippen LogP contribution in [0.4, 0.5) is 0 Å². The van der Waals surface area contributed by atoms with Gasteiger partial charge in [-0.15, -0.1) is 0 Å². The van der Waals surface area contributed by atoms with Gasteiger partial charge in [0.25, 0.3) is 0 Å². The van der Waals surface area contributed by atoms with Crippen LogP contribution in [-0.4, -0.2) is 36.2 Å². The van der Waals surface area contributed by atoms with E-state index in [0.29, 0.717) is 6.61 Å². The van der Waals surface area contributed by atoms with Crippen molar-refractivity contribution < 1.29 is 29.0 Å². The van der Waals surface area contributed by atoms with Crippen molar-refractivity contribution in [1.29, 1.82) is 0 Å². The minimum Gasteiger partial charge on any atom is -0.478 e. The summed E-state index contributed by atoms with van der Waals surface area (Å²) in [5.41, 5.74) is -0.141. The Kier molecular flexibility index (Phi) is 24.4. The van der Waals surface area contributed by atoms with E-state index in [1.807, 2.05) is 0 Å². The molecule has 0 aliphatic heterocycles. The van der Waals surface area contributed by atoms with E-state index in [0.717, 1.165) is 38.5 Å². The van der Waals surface area contributed by atoms with Crippen molar-refractivity contribution in [3.05, 3.63) is 34.9 Å². The first kappa shape index (κ1) is 38.7. The lowest BCUT2D eigenvalue weighted by molar-refractivity contribution is 0.0477. The van der Waals surface area contributed by atoms with E-state index >= 15 is 0 Å². The molecule has 0 spiro atoms. The van der Waals surface area contributed by atoms with Gasteiger partial charge in [-0.2, -0.15) is 0 Å². The molecule has 0 amide bonds. The number of carboxylic acids is 1. The lowest BCUT2D eigenvalue weighted by atomic mass is 10.0. The number of ether oxygens (including phenoxy) is 2. The van der Waals surface area contributed by atoms with E-state index in [1.165, 1.54) is 134 Å². The van der Waals surface area contributed by atoms with Crippen molar-refractivity contribution in [3.63, 3.8) is 0 Å². The number of hydrogen-bond donors (Lipinski definition) is 1. The Hall–Kier alpha value is -2.37. The summed E-state index contributed by atoms with van der Waals surface area (Å²) in [6.07, 6.45) is 29.4. The van der Waals surface area contributed by atoms with Gasteiger partial charge in [-0.3, -0.25) is 0 Å². The van der Waals surface area contributed by atoms with Gasteiger partial charge in [0.05, 0.1) is 29.9 Å². The summed E-state index contributed by atoms with van der Waals surface area (Å²) < 4.78 is 10.7. The molecule has 246 valence electrons. The van der Waals surface area contributed by atoms with Gasteiger partial charge in [0.15, 0.2) is 0 Å². The molecule has 0 fully saturated rings. The predicted molar refractivity (Wildman–Crippen MR) is 176 cm³/mol. The fourth-order valence-electron chi connectivity index (χ4n) is 5.40. The fourth-order valence-corrected chi connectivity index (χ4v) is 5.40. The molecule has 6 heteroatoms. The molecule has 0 aliphatic carbocycles. The maximum absolute atomic E-state index is 12.6. The van der Waals surface area contributed by atoms with Crippen molar-refractivity contribution in [3.8, 4) is 0 Å². The van der Waals surface area contributed by atoms with Gasteiger partial charge in [0.1, 0.15) is 0 Å². The van der Waals surface area contributed by atoms with Gasteiger partial charge in [-0.1, -0.05) is 155 Å². The van der Waals surface area contributed by atoms with Crippen LogP contribution in [0.3, 0.4) is 0 Å². The molecule has 0 bridgehead atoms. The van der Waals surface area contributed by atoms with Gasteiger partial charge < -0.3 is 14.6 Å². The highest BCUT2D eigenvalue weighted by atomic mass is 16.5. The van der Waals surface area contributed by atoms with Crippen molar-refractivity contribution in [2.45, 2.75) is 168 Å². The van der Waals surface area contributed by atoms with Crippen LogP contribution in [0.2, 0.25) is 0 Å². The van der Waals surface area contributed by atoms with Crippen LogP contribution in [0.25, 0.3) is 0 Å². The van der Waals surface area contributed by atoms with Crippen molar-refractivity contribution in [2.24, 2.45) is 0 Å². The summed E-state index contributed by atoms with van der Waals surface area (Å²) >= 11 is 0. The lowest BCUT2D eigenvalue weighted by Gasteiger charge is -2.10. The second-order valence-corrected chi connectivity index (χ2v) is 12.1. The van der Waals surface area contributed by atoms with Gasteiger partial charge in [0.2, 0.25) is 0 Å². The summed E-state index contributed by atoms with van der Waals surface area (Å²) in [6, 6.07) is 4.01. The summed E-state index contributed by atoms with van der Waals surface area (Å²) in [5.74, 6) is -2.51. The Morgan fingerprint density at radius 1 is 0.488 bits per heavy atom. The van der Waals surface area contributed by atoms with E-state index in [9.17, 15) is 19.5 Å². The third kappa shape index (κ3) is 20.3. The minimum atomic E-state index is -1.27. The molecule has 6 nitrogen and oxygen atoms in total. The number of carbonyl (C=O) groups excluding carboxylic acids is 2. The highest BCUT2D eigenvalue weighted by molar-refractivity contribution is 6.04. The fraction of sp³-hybridized carbons (Fsp3) is 0.757. The first-order chi connectivity index (χ1) is 21.0. The van der Waals surface area contributed by atoms with Crippen molar-refractivity contribution >= 4 is 17.9 Å². The third-order valence-corrected chi connectivity index (χ3v) is 8.17. The van der Waals surface area contributed by atoms with Gasteiger partial charge >= 0.3 is 17.9 Å². The average Bonchev–Trinajstić information content (AvgIpc) is 3.01. The van der Waals surface area contributed by atoms with Crippen LogP contribution in [0.5, 0.6) is 0 Å². The molecular formula is C37H62O6. The number of carbonyl (C=O) groups is 3. The molecule has 0 saturated carbocycles. The summed E-state index contributed by atoms with van der Waals surface area (Å²) in [5, 5.41) is 9.64. The molecule has 0 saturated heterocycles. The standard InChI is InChI=1S/C37H62O6/c1-3-5-7-9-11-13-15-17-19-21-23-25-29-42-36(40)32-27-28-33(34(31-32)35(38)39)37(41)43-30-26-24-22-20-18-16-14-12-10-8-6-4-2/h27-28,31H,3-26,29-30H2,1-2H3,(H,38,39). The molecule has 0 unspecified atom stereocenters. The van der Waals surface area contributed by atoms with Gasteiger partial charge in [-0.25, -0.2) is 14.4 Å². The van der Waals surface area contributed by atoms with Crippen molar-refractivity contribution in [1.82, 2.24) is 0 Å². The minimum absolute atomic E-state index is 0.0380. The summed E-state index contributed by atoms with van der Waals surface area (Å²) in [4.78, 5) is 36.9. The molecule has 1 aromatic carbocycles. The third-order valence-electron chi connectivity index (χ3n) is 8.17. The van der Waals surface area contributed by atoms with Gasteiger partial charge in [0, 0.05) is 0 Å². The monoisotopic (exact) mass is 602 g/mol. The Labute approximate surface area is 262 Å². The topological polar surface area (TPSA) is 89.9 Å². The molecule has 0 radical (unpaired) electrons. The Morgan fingerprint density at radius 2 is 0.837 bits per heavy atom. The highest BCUT2D eigenvalue weighted by Crippen LogP contribution is 2.17. The van der Waals surface area contributed by atoms with E-state index < -0.39 is 17.9 Å². The second kappa shape index (κ2) is 27.2. The number of unbranched alkanes of at least 4 members (excludes halogenated alkanes) is 22. The highest BCUT2D eigenvalue weighted by Gasteiger charge is 2.20. The molecule has 0 aromatic heterocycles. The zero-order valence-electron chi connectivity index (χ0n) is 27.6. The molecule has 0 aliphatic rings. The van der Waals surface area contributed by atoms with Crippen LogP contribution in [0.15, 0.2) is 18.2 Å². The van der Waals surface area contributed by atoms with Crippen molar-refractivity contribution in [2.75, 3.05) is 13.2 Å². The second-order valence-electron chi connectivity index (χ2n) is 12.1. The summed E-state index contributed by atoms with van der Waals surface area (Å²) in [6.45, 7) is 5.06. The largest absolute Gasteiger partial charge is 0.478 e. The molecule has 1 N–H and O–H groups in total. The van der Waals surface area contributed by atoms with Crippen LogP contribution in [-0.2, 0) is 9.47 Å². The molecular weight excluding hydrogens is 540 g/mol. The first-order valence-electron chi connectivity index (χ1n) is 17.7. The molecule has 1 aromatic rings. The summed E-state index contributed by atoms with van der Waals surface area (Å²) in [7, 11) is 0. The van der Waals surface area contributed by atoms with Crippen LogP contribution in [0, 0.1) is 0 Å². The van der Waals surface area contributed by atoms with Crippen LogP contribution >= 0.6 is 0 Å². The SMILES string of the molecule is CCCCCCCCCCCCCCOC(=O)c1ccc(C(=O)OCCCCCCCCCCCCCC)c(C(=O)O)c1. The normalized spacial score (nSPS) is 11.0. The number of hydrogen-bond acceptors (Lipinski definition) is 5. The van der Waals surface area contributed by atoms with E-state index in [4.69, 9.17) is 9.47 Å². The van der Waals surface area contributed by atoms with E-state index in [1.54, 1.807) is 0 Å². The number of esters is 2. The average molecular weight is 603 g/mol. The number of aromatic carboxylic acids is 1. The van der Waals surface area contributed by atoms with E-state index in [-0.39, 0.29) is 23.3 Å². The smallest absolute Gasteiger partial charge is 0.339 e. The predicted octanol–water partition coefficient (Wildman–Crippen LogP) is 11.1. The van der Waals surface area contributed by atoms with Crippen LogP contribution < -0.4 is 0 Å². The molecule has 0 atom stereocenters. The maximum atomic E-state index is 12.6. The zero-order chi connectivity index (χ0) is 31.4. The van der Waals surface area contributed by atoms with E-state index in [2.05, 4.69) is 13.8 Å². The Bertz CT molecular complexity index is 865. The number of rotatable bonds is 29. The van der Waals surface area contributed by atoms with Crippen LogP contribution in [0.1, 0.15) is 199 Å². The Balaban J connectivity index is 2.21. The van der Waals surface area contributed by atoms with Gasteiger partial charge in [-0.05, 0) is 31.0 Å². The Morgan fingerprint density at radius 3 is 1.21 bits per heavy atom. The quantitative estimate of drug-likeness (QED) is 0.0724.